The van der Waals surface area contributed by atoms with Crippen molar-refractivity contribution >= 4 is 23.5 Å². The summed E-state index contributed by atoms with van der Waals surface area (Å²) in [6.45, 7) is 0.339. The number of ether oxygens (including phenoxy) is 1. The molecule has 0 spiro atoms. The van der Waals surface area contributed by atoms with E-state index in [1.54, 1.807) is 32.4 Å². The Labute approximate surface area is 128 Å². The van der Waals surface area contributed by atoms with Crippen LogP contribution in [-0.4, -0.2) is 36.0 Å². The highest BCUT2D eigenvalue weighted by atomic mass is 35.5. The number of nitrogens with zero attached hydrogens (tertiary/aromatic N) is 1. The summed E-state index contributed by atoms with van der Waals surface area (Å²) in [5.74, 6) is -1.36. The number of carboxylic acid groups (broad SMARTS) is 1. The molecule has 0 heterocycles. The minimum Gasteiger partial charge on any atom is -0.496 e. The average Bonchev–Trinajstić information content (AvgIpc) is 2.36. The lowest BCUT2D eigenvalue weighted by atomic mass is 9.73. The van der Waals surface area contributed by atoms with Gasteiger partial charge in [0.25, 0.3) is 0 Å². The molecule has 5 nitrogen and oxygen atoms in total. The minimum atomic E-state index is -0.895. The van der Waals surface area contributed by atoms with E-state index in [0.717, 1.165) is 5.56 Å². The number of hydrogen-bond donors (Lipinski definition) is 1. The van der Waals surface area contributed by atoms with Crippen molar-refractivity contribution in [3.05, 3.63) is 28.8 Å². The number of carbonyl (C=O) groups excluding carboxylic acids is 1. The van der Waals surface area contributed by atoms with Crippen LogP contribution in [0.1, 0.15) is 18.4 Å². The molecule has 2 unspecified atom stereocenters. The molecular formula is C15H18ClNO4. The number of rotatable bonds is 5. The van der Waals surface area contributed by atoms with Crippen LogP contribution in [0.5, 0.6) is 5.75 Å². The van der Waals surface area contributed by atoms with E-state index < -0.39 is 17.8 Å². The van der Waals surface area contributed by atoms with Crippen molar-refractivity contribution < 1.29 is 19.4 Å². The molecule has 114 valence electrons. The van der Waals surface area contributed by atoms with Gasteiger partial charge >= 0.3 is 5.97 Å². The van der Waals surface area contributed by atoms with E-state index in [1.807, 2.05) is 0 Å². The third kappa shape index (κ3) is 3.29. The average molecular weight is 312 g/mol. The van der Waals surface area contributed by atoms with Crippen LogP contribution in [-0.2, 0) is 16.1 Å². The molecule has 1 aliphatic rings. The fourth-order valence-corrected chi connectivity index (χ4v) is 2.77. The van der Waals surface area contributed by atoms with Crippen molar-refractivity contribution in [2.75, 3.05) is 14.2 Å². The van der Waals surface area contributed by atoms with E-state index >= 15 is 0 Å². The van der Waals surface area contributed by atoms with Gasteiger partial charge in [-0.1, -0.05) is 11.6 Å². The van der Waals surface area contributed by atoms with Crippen LogP contribution < -0.4 is 4.74 Å². The molecule has 0 aromatic heterocycles. The Morgan fingerprint density at radius 3 is 2.57 bits per heavy atom. The summed E-state index contributed by atoms with van der Waals surface area (Å²) >= 11 is 5.97. The molecule has 0 bridgehead atoms. The number of halogens is 1. The summed E-state index contributed by atoms with van der Waals surface area (Å²) < 4.78 is 5.25. The number of carbonyl (C=O) groups is 2. The van der Waals surface area contributed by atoms with E-state index in [1.165, 1.54) is 4.90 Å². The van der Waals surface area contributed by atoms with E-state index in [-0.39, 0.29) is 5.91 Å². The number of methoxy groups -OCH3 is 1. The second kappa shape index (κ2) is 6.35. The van der Waals surface area contributed by atoms with Crippen LogP contribution in [0, 0.1) is 11.8 Å². The van der Waals surface area contributed by atoms with Gasteiger partial charge in [-0.15, -0.1) is 0 Å². The molecule has 1 amide bonds. The molecule has 1 aromatic carbocycles. The maximum atomic E-state index is 12.3. The highest BCUT2D eigenvalue weighted by Gasteiger charge is 2.42. The topological polar surface area (TPSA) is 66.8 Å². The zero-order chi connectivity index (χ0) is 15.6. The molecule has 1 saturated carbocycles. The number of aliphatic carboxylic acids is 1. The SMILES string of the molecule is COc1ccc(Cl)cc1CN(C)C(=O)C1CCC1C(=O)O. The van der Waals surface area contributed by atoms with Crippen molar-refractivity contribution in [1.29, 1.82) is 0 Å². The van der Waals surface area contributed by atoms with Gasteiger partial charge in [0.1, 0.15) is 5.75 Å². The molecule has 0 saturated heterocycles. The van der Waals surface area contributed by atoms with Gasteiger partial charge in [0, 0.05) is 24.2 Å². The van der Waals surface area contributed by atoms with E-state index in [0.29, 0.717) is 30.2 Å². The van der Waals surface area contributed by atoms with Crippen LogP contribution in [0.4, 0.5) is 0 Å². The largest absolute Gasteiger partial charge is 0.496 e. The summed E-state index contributed by atoms with van der Waals surface area (Å²) in [6.07, 6.45) is 1.20. The van der Waals surface area contributed by atoms with Gasteiger partial charge in [0.05, 0.1) is 18.9 Å². The maximum Gasteiger partial charge on any atom is 0.307 e. The molecule has 0 radical (unpaired) electrons. The smallest absolute Gasteiger partial charge is 0.307 e. The lowest BCUT2D eigenvalue weighted by Crippen LogP contribution is -2.44. The first-order chi connectivity index (χ1) is 9.93. The first-order valence-corrected chi connectivity index (χ1v) is 7.12. The predicted octanol–water partition coefficient (Wildman–Crippen LogP) is 2.42. The van der Waals surface area contributed by atoms with Crippen LogP contribution in [0.2, 0.25) is 5.02 Å². The third-order valence-corrected chi connectivity index (χ3v) is 4.17. The second-order valence-corrected chi connectivity index (χ2v) is 5.72. The number of benzene rings is 1. The molecule has 2 rings (SSSR count). The van der Waals surface area contributed by atoms with Crippen LogP contribution in [0.25, 0.3) is 0 Å². The minimum absolute atomic E-state index is 0.143. The van der Waals surface area contributed by atoms with Gasteiger partial charge in [-0.25, -0.2) is 0 Å². The standard InChI is InChI=1S/C15H18ClNO4/c1-17(14(18)11-4-5-12(11)15(19)20)8-9-7-10(16)3-6-13(9)21-2/h3,6-7,11-12H,4-5,8H2,1-2H3,(H,19,20). The van der Waals surface area contributed by atoms with Gasteiger partial charge in [-0.2, -0.15) is 0 Å². The molecule has 1 fully saturated rings. The Morgan fingerprint density at radius 1 is 1.38 bits per heavy atom. The van der Waals surface area contributed by atoms with Crippen LogP contribution in [0.3, 0.4) is 0 Å². The Morgan fingerprint density at radius 2 is 2.05 bits per heavy atom. The fourth-order valence-electron chi connectivity index (χ4n) is 2.58. The Kier molecular flexibility index (Phi) is 4.73. The summed E-state index contributed by atoms with van der Waals surface area (Å²) in [6, 6.07) is 5.22. The lowest BCUT2D eigenvalue weighted by Gasteiger charge is -2.35. The molecule has 2 atom stereocenters. The van der Waals surface area contributed by atoms with Gasteiger partial charge in [0.2, 0.25) is 5.91 Å². The number of carboxylic acids is 1. The number of amides is 1. The van der Waals surface area contributed by atoms with Gasteiger partial charge in [0.15, 0.2) is 0 Å². The molecule has 21 heavy (non-hydrogen) atoms. The molecule has 1 aliphatic carbocycles. The van der Waals surface area contributed by atoms with Crippen molar-refractivity contribution in [2.24, 2.45) is 11.8 Å². The van der Waals surface area contributed by atoms with Crippen molar-refractivity contribution in [1.82, 2.24) is 4.90 Å². The zero-order valence-electron chi connectivity index (χ0n) is 12.0. The van der Waals surface area contributed by atoms with E-state index in [2.05, 4.69) is 0 Å². The van der Waals surface area contributed by atoms with Gasteiger partial charge in [-0.05, 0) is 31.0 Å². The second-order valence-electron chi connectivity index (χ2n) is 5.28. The highest BCUT2D eigenvalue weighted by molar-refractivity contribution is 6.30. The third-order valence-electron chi connectivity index (χ3n) is 3.93. The lowest BCUT2D eigenvalue weighted by molar-refractivity contribution is -0.156. The normalized spacial score (nSPS) is 20.5. The molecule has 0 aliphatic heterocycles. The van der Waals surface area contributed by atoms with E-state index in [9.17, 15) is 9.59 Å². The van der Waals surface area contributed by atoms with Crippen LogP contribution in [0.15, 0.2) is 18.2 Å². The van der Waals surface area contributed by atoms with E-state index in [4.69, 9.17) is 21.4 Å². The highest BCUT2D eigenvalue weighted by Crippen LogP contribution is 2.36. The number of hydrogen-bond acceptors (Lipinski definition) is 3. The van der Waals surface area contributed by atoms with Crippen molar-refractivity contribution in [3.63, 3.8) is 0 Å². The van der Waals surface area contributed by atoms with Crippen LogP contribution >= 0.6 is 11.6 Å². The van der Waals surface area contributed by atoms with Crippen molar-refractivity contribution in [3.8, 4) is 5.75 Å². The Hall–Kier alpha value is -1.75. The van der Waals surface area contributed by atoms with Gasteiger partial charge < -0.3 is 14.7 Å². The summed E-state index contributed by atoms with van der Waals surface area (Å²) in [4.78, 5) is 24.9. The molecule has 6 heteroatoms. The molecule has 1 N–H and O–H groups in total. The monoisotopic (exact) mass is 311 g/mol. The first-order valence-electron chi connectivity index (χ1n) is 6.74. The van der Waals surface area contributed by atoms with Gasteiger partial charge in [-0.3, -0.25) is 9.59 Å². The Balaban J connectivity index is 2.07. The predicted molar refractivity (Wildman–Crippen MR) is 78.3 cm³/mol. The van der Waals surface area contributed by atoms with Crippen molar-refractivity contribution in [2.45, 2.75) is 19.4 Å². The molecular weight excluding hydrogens is 294 g/mol. The Bertz CT molecular complexity index is 561. The zero-order valence-corrected chi connectivity index (χ0v) is 12.8. The summed E-state index contributed by atoms with van der Waals surface area (Å²) in [7, 11) is 3.22. The fraction of sp³-hybridized carbons (Fsp3) is 0.467. The maximum absolute atomic E-state index is 12.3. The quantitative estimate of drug-likeness (QED) is 0.907. The molecule has 1 aromatic rings. The summed E-state index contributed by atoms with van der Waals surface area (Å²) in [5.41, 5.74) is 0.798. The first kappa shape index (κ1) is 15.6. The summed E-state index contributed by atoms with van der Waals surface area (Å²) in [5, 5.41) is 9.60.